The van der Waals surface area contributed by atoms with E-state index in [0.29, 0.717) is 0 Å². The number of carbonyl (C=O) groups is 2. The Morgan fingerprint density at radius 2 is 1.68 bits per heavy atom. The number of phenolic OH excluding ortho intramolecular Hbond substituents is 1. The van der Waals surface area contributed by atoms with E-state index in [-0.39, 0.29) is 22.2 Å². The fraction of sp³-hybridized carbons (Fsp3) is 0.556. The van der Waals surface area contributed by atoms with Crippen LogP contribution < -0.4 is 10.6 Å². The van der Waals surface area contributed by atoms with Crippen LogP contribution >= 0.6 is 11.6 Å². The van der Waals surface area contributed by atoms with E-state index in [2.05, 4.69) is 10.6 Å². The molecular formula is C18H26ClN3O5S. The monoisotopic (exact) mass is 431 g/mol. The van der Waals surface area contributed by atoms with Crippen molar-refractivity contribution in [2.45, 2.75) is 50.7 Å². The number of sulfonamides is 1. The average Bonchev–Trinajstić information content (AvgIpc) is 2.57. The summed E-state index contributed by atoms with van der Waals surface area (Å²) in [7, 11) is -1.39. The molecule has 0 spiro atoms. The summed E-state index contributed by atoms with van der Waals surface area (Å²) in [5.41, 5.74) is -0.135. The number of aromatic hydroxyl groups is 1. The summed E-state index contributed by atoms with van der Waals surface area (Å²) >= 11 is 5.99. The molecule has 1 aromatic carbocycles. The summed E-state index contributed by atoms with van der Waals surface area (Å²) in [6.07, 6.45) is 0. The molecule has 0 aromatic heterocycles. The highest BCUT2D eigenvalue weighted by atomic mass is 35.5. The summed E-state index contributed by atoms with van der Waals surface area (Å²) in [5, 5.41) is 16.3. The lowest BCUT2D eigenvalue weighted by Crippen LogP contribution is -2.69. The van der Waals surface area contributed by atoms with Crippen LogP contribution in [0.25, 0.3) is 0 Å². The molecule has 3 atom stereocenters. The minimum atomic E-state index is -4.02. The van der Waals surface area contributed by atoms with Crippen molar-refractivity contribution in [1.29, 1.82) is 0 Å². The Morgan fingerprint density at radius 3 is 2.18 bits per heavy atom. The van der Waals surface area contributed by atoms with Gasteiger partial charge in [0.05, 0.1) is 10.7 Å². The number of ketones is 2. The Labute approximate surface area is 170 Å². The molecule has 0 radical (unpaired) electrons. The number of rotatable bonds is 6. The number of carbonyl (C=O) groups excluding carboxylic acids is 2. The van der Waals surface area contributed by atoms with Gasteiger partial charge >= 0.3 is 0 Å². The van der Waals surface area contributed by atoms with Gasteiger partial charge in [0.2, 0.25) is 21.6 Å². The molecule has 0 aliphatic heterocycles. The zero-order valence-corrected chi connectivity index (χ0v) is 18.3. The molecule has 1 aliphatic rings. The first-order valence-corrected chi connectivity index (χ1v) is 10.6. The van der Waals surface area contributed by atoms with Crippen LogP contribution in [0.3, 0.4) is 0 Å². The van der Waals surface area contributed by atoms with Gasteiger partial charge in [-0.15, -0.1) is 0 Å². The van der Waals surface area contributed by atoms with Gasteiger partial charge in [0.15, 0.2) is 5.75 Å². The number of nitrogens with one attached hydrogen (secondary N) is 2. The van der Waals surface area contributed by atoms with Gasteiger partial charge in [-0.3, -0.25) is 9.59 Å². The van der Waals surface area contributed by atoms with Gasteiger partial charge in [0.1, 0.15) is 17.0 Å². The van der Waals surface area contributed by atoms with Crippen molar-refractivity contribution in [1.82, 2.24) is 9.62 Å². The topological polar surface area (TPSA) is 116 Å². The highest BCUT2D eigenvalue weighted by molar-refractivity contribution is 7.89. The third-order valence-corrected chi connectivity index (χ3v) is 7.32. The maximum Gasteiger partial charge on any atom is 0.247 e. The molecule has 0 saturated heterocycles. The molecule has 1 fully saturated rings. The van der Waals surface area contributed by atoms with Crippen molar-refractivity contribution >= 4 is 38.9 Å². The lowest BCUT2D eigenvalue weighted by Gasteiger charge is -2.40. The Morgan fingerprint density at radius 1 is 1.14 bits per heavy atom. The molecule has 8 nitrogen and oxygen atoms in total. The van der Waals surface area contributed by atoms with Crippen molar-refractivity contribution in [3.05, 3.63) is 17.2 Å². The minimum Gasteiger partial charge on any atom is -0.504 e. The van der Waals surface area contributed by atoms with Crippen LogP contribution in [0, 0.1) is 5.41 Å². The second kappa shape index (κ2) is 7.62. The largest absolute Gasteiger partial charge is 0.504 e. The van der Waals surface area contributed by atoms with E-state index < -0.39 is 44.3 Å². The van der Waals surface area contributed by atoms with Gasteiger partial charge in [-0.25, -0.2) is 12.7 Å². The van der Waals surface area contributed by atoms with Crippen molar-refractivity contribution in [3.63, 3.8) is 0 Å². The molecule has 2 rings (SSSR count). The lowest BCUT2D eigenvalue weighted by atomic mass is 9.80. The molecule has 1 aromatic rings. The molecule has 0 amide bonds. The predicted molar refractivity (Wildman–Crippen MR) is 107 cm³/mol. The summed E-state index contributed by atoms with van der Waals surface area (Å²) < 4.78 is 25.8. The van der Waals surface area contributed by atoms with E-state index >= 15 is 0 Å². The van der Waals surface area contributed by atoms with Crippen LogP contribution in [0.2, 0.25) is 5.02 Å². The smallest absolute Gasteiger partial charge is 0.247 e. The molecule has 156 valence electrons. The number of phenols is 1. The van der Waals surface area contributed by atoms with Gasteiger partial charge in [-0.2, -0.15) is 0 Å². The van der Waals surface area contributed by atoms with Crippen LogP contribution in [0.15, 0.2) is 17.0 Å². The first-order valence-electron chi connectivity index (χ1n) is 8.74. The second-order valence-corrected chi connectivity index (χ2v) is 10.6. The Hall–Kier alpha value is -1.68. The molecule has 28 heavy (non-hydrogen) atoms. The number of hydrogen-bond donors (Lipinski definition) is 3. The van der Waals surface area contributed by atoms with Crippen molar-refractivity contribution in [3.8, 4) is 5.75 Å². The number of halogens is 1. The predicted octanol–water partition coefficient (Wildman–Crippen LogP) is 1.62. The van der Waals surface area contributed by atoms with Crippen LogP contribution in [0.5, 0.6) is 5.75 Å². The van der Waals surface area contributed by atoms with Crippen molar-refractivity contribution in [2.75, 3.05) is 19.4 Å². The minimum absolute atomic E-state index is 0.00545. The Kier molecular flexibility index (Phi) is 6.16. The standard InChI is InChI=1S/C18H26ClN3O5S/c1-9(18(2,3)4)20-12-13(16(25)15(12)24)21-11-8-7-10(19)17(14(11)23)28(26,27)22(5)6/h7-9,12-13,20-21,23H,1-6H3. The first-order chi connectivity index (χ1) is 12.7. The summed E-state index contributed by atoms with van der Waals surface area (Å²) in [5.74, 6) is -1.79. The van der Waals surface area contributed by atoms with E-state index in [4.69, 9.17) is 11.6 Å². The van der Waals surface area contributed by atoms with Gasteiger partial charge in [-0.05, 0) is 24.5 Å². The fourth-order valence-electron chi connectivity index (χ4n) is 2.61. The van der Waals surface area contributed by atoms with Gasteiger partial charge < -0.3 is 15.7 Å². The summed E-state index contributed by atoms with van der Waals surface area (Å²) in [4.78, 5) is 23.7. The lowest BCUT2D eigenvalue weighted by molar-refractivity contribution is -0.146. The highest BCUT2D eigenvalue weighted by Gasteiger charge is 2.50. The van der Waals surface area contributed by atoms with Crippen molar-refractivity contribution in [2.24, 2.45) is 5.41 Å². The normalized spacial score (nSPS) is 21.6. The van der Waals surface area contributed by atoms with Crippen LogP contribution in [0.4, 0.5) is 5.69 Å². The van der Waals surface area contributed by atoms with Crippen molar-refractivity contribution < 1.29 is 23.1 Å². The molecule has 3 N–H and O–H groups in total. The second-order valence-electron chi connectivity index (χ2n) is 8.14. The van der Waals surface area contributed by atoms with E-state index in [0.717, 1.165) is 4.31 Å². The number of Topliss-reactive ketones (excluding diaryl/α,β-unsaturated/α-hetero) is 2. The third-order valence-electron chi connectivity index (χ3n) is 5.00. The molecule has 0 bridgehead atoms. The molecule has 1 saturated carbocycles. The molecule has 10 heteroatoms. The third kappa shape index (κ3) is 4.03. The van der Waals surface area contributed by atoms with E-state index in [1.54, 1.807) is 0 Å². The van der Waals surface area contributed by atoms with E-state index in [9.17, 15) is 23.1 Å². The zero-order valence-electron chi connectivity index (χ0n) is 16.7. The highest BCUT2D eigenvalue weighted by Crippen LogP contribution is 2.39. The maximum absolute atomic E-state index is 12.5. The number of anilines is 1. The van der Waals surface area contributed by atoms with Gasteiger partial charge in [-0.1, -0.05) is 32.4 Å². The Bertz CT molecular complexity index is 909. The summed E-state index contributed by atoms with van der Waals surface area (Å²) in [6, 6.07) is 0.921. The first kappa shape index (κ1) is 22.6. The zero-order chi connectivity index (χ0) is 21.6. The SMILES string of the molecule is CC(NC1C(=O)C(=O)C1Nc1ccc(Cl)c(S(=O)(=O)N(C)C)c1O)C(C)(C)C. The summed E-state index contributed by atoms with van der Waals surface area (Å²) in [6.45, 7) is 7.92. The average molecular weight is 432 g/mol. The van der Waals surface area contributed by atoms with Gasteiger partial charge in [0.25, 0.3) is 0 Å². The molecular weight excluding hydrogens is 406 g/mol. The molecule has 3 unspecified atom stereocenters. The van der Waals surface area contributed by atoms with Crippen LogP contribution in [-0.2, 0) is 19.6 Å². The maximum atomic E-state index is 12.5. The van der Waals surface area contributed by atoms with E-state index in [1.165, 1.54) is 26.2 Å². The fourth-order valence-corrected chi connectivity index (χ4v) is 4.09. The number of hydrogen-bond acceptors (Lipinski definition) is 7. The van der Waals surface area contributed by atoms with Crippen LogP contribution in [0.1, 0.15) is 27.7 Å². The quantitative estimate of drug-likeness (QED) is 0.463. The Balaban J connectivity index is 2.35. The number of benzene rings is 1. The van der Waals surface area contributed by atoms with E-state index in [1.807, 2.05) is 27.7 Å². The molecule has 1 aliphatic carbocycles. The number of nitrogens with zero attached hydrogens (tertiary/aromatic N) is 1. The van der Waals surface area contributed by atoms with Crippen LogP contribution in [-0.4, -0.2) is 61.6 Å². The van der Waals surface area contributed by atoms with Gasteiger partial charge in [0, 0.05) is 20.1 Å². The molecule has 0 heterocycles.